The van der Waals surface area contributed by atoms with E-state index in [1.165, 1.54) is 12.1 Å². The van der Waals surface area contributed by atoms with Crippen LogP contribution in [0.15, 0.2) is 18.3 Å². The third-order valence-corrected chi connectivity index (χ3v) is 2.31. The van der Waals surface area contributed by atoms with Crippen molar-refractivity contribution >= 4 is 28.5 Å². The lowest BCUT2D eigenvalue weighted by molar-refractivity contribution is 0.0573. The van der Waals surface area contributed by atoms with Crippen molar-refractivity contribution in [2.45, 2.75) is 6.55 Å². The molecule has 0 aliphatic heterocycles. The predicted octanol–water partition coefficient (Wildman–Crippen LogP) is 2.78. The molecule has 84 valence electrons. The number of rotatable bonds is 2. The number of benzene rings is 1. The number of hydrogen-bond donors (Lipinski definition) is 1. The second-order valence-electron chi connectivity index (χ2n) is 3.09. The van der Waals surface area contributed by atoms with Crippen LogP contribution in [0.1, 0.15) is 16.9 Å². The number of nitrogens with zero attached hydrogens (tertiary/aromatic N) is 2. The first-order chi connectivity index (χ1) is 7.49. The minimum Gasteiger partial charge on any atom is -0.478 e. The third kappa shape index (κ3) is 1.71. The average molecular weight is 247 g/mol. The summed E-state index contributed by atoms with van der Waals surface area (Å²) in [6, 6.07) is 2.42. The Hall–Kier alpha value is -1.69. The number of fused-ring (bicyclic) bond motifs is 1. The van der Waals surface area contributed by atoms with Crippen LogP contribution in [-0.2, 0) is 0 Å². The summed E-state index contributed by atoms with van der Waals surface area (Å²) >= 11 is 5.74. The Morgan fingerprint density at radius 2 is 2.19 bits per heavy atom. The minimum atomic E-state index is -2.78. The monoisotopic (exact) mass is 246 g/mol. The third-order valence-electron chi connectivity index (χ3n) is 2.03. The van der Waals surface area contributed by atoms with Crippen molar-refractivity contribution in [3.63, 3.8) is 0 Å². The number of carboxylic acid groups (broad SMARTS) is 1. The van der Waals surface area contributed by atoms with E-state index in [1.807, 2.05) is 0 Å². The van der Waals surface area contributed by atoms with Crippen LogP contribution in [0, 0.1) is 0 Å². The number of aromatic nitrogens is 2. The molecule has 2 rings (SSSR count). The van der Waals surface area contributed by atoms with E-state index in [4.69, 9.17) is 16.7 Å². The molecular formula is C9H5ClF2N2O2. The van der Waals surface area contributed by atoms with Crippen LogP contribution in [0.3, 0.4) is 0 Å². The van der Waals surface area contributed by atoms with Gasteiger partial charge in [-0.3, -0.25) is 0 Å². The molecule has 0 atom stereocenters. The summed E-state index contributed by atoms with van der Waals surface area (Å²) in [7, 11) is 0. The Balaban J connectivity index is 2.68. The van der Waals surface area contributed by atoms with E-state index in [0.717, 1.165) is 6.20 Å². The molecule has 2 aromatic rings. The highest BCUT2D eigenvalue weighted by molar-refractivity contribution is 6.35. The highest BCUT2D eigenvalue weighted by atomic mass is 35.5. The number of carboxylic acids is 1. The van der Waals surface area contributed by atoms with Crippen molar-refractivity contribution in [1.82, 2.24) is 9.78 Å². The standard InChI is InChI=1S/C9H5ClF2N2O2/c10-6-2-4(8(15)16)1-5-3-14(9(11)12)13-7(5)6/h1-3,9H,(H,15,16). The molecule has 1 aromatic carbocycles. The van der Waals surface area contributed by atoms with Gasteiger partial charge in [-0.05, 0) is 12.1 Å². The molecule has 4 nitrogen and oxygen atoms in total. The van der Waals surface area contributed by atoms with Gasteiger partial charge in [0.05, 0.1) is 10.6 Å². The number of aromatic carboxylic acids is 1. The summed E-state index contributed by atoms with van der Waals surface area (Å²) < 4.78 is 25.1. The Morgan fingerprint density at radius 3 is 2.75 bits per heavy atom. The van der Waals surface area contributed by atoms with E-state index >= 15 is 0 Å². The molecule has 0 aliphatic carbocycles. The van der Waals surface area contributed by atoms with Crippen molar-refractivity contribution in [3.8, 4) is 0 Å². The highest BCUT2D eigenvalue weighted by Crippen LogP contribution is 2.25. The summed E-state index contributed by atoms with van der Waals surface area (Å²) in [5.41, 5.74) is 0.0956. The van der Waals surface area contributed by atoms with Crippen LogP contribution in [0.25, 0.3) is 10.9 Å². The summed E-state index contributed by atoms with van der Waals surface area (Å²) in [5.74, 6) is -1.17. The van der Waals surface area contributed by atoms with Gasteiger partial charge in [-0.1, -0.05) is 11.6 Å². The molecule has 0 spiro atoms. The van der Waals surface area contributed by atoms with Gasteiger partial charge >= 0.3 is 12.5 Å². The summed E-state index contributed by atoms with van der Waals surface area (Å²) in [5, 5.41) is 12.6. The fourth-order valence-corrected chi connectivity index (χ4v) is 1.60. The average Bonchev–Trinajstić information content (AvgIpc) is 2.61. The molecule has 1 heterocycles. The topological polar surface area (TPSA) is 55.1 Å². The van der Waals surface area contributed by atoms with E-state index in [2.05, 4.69) is 5.10 Å². The maximum absolute atomic E-state index is 12.3. The Bertz CT molecular complexity index is 568. The van der Waals surface area contributed by atoms with Gasteiger partial charge in [0.2, 0.25) is 0 Å². The molecule has 7 heteroatoms. The first-order valence-corrected chi connectivity index (χ1v) is 4.56. The van der Waals surface area contributed by atoms with Gasteiger partial charge in [-0.15, -0.1) is 0 Å². The second kappa shape index (κ2) is 3.71. The van der Waals surface area contributed by atoms with E-state index in [1.54, 1.807) is 0 Å². The number of carbonyl (C=O) groups is 1. The first kappa shape index (κ1) is 10.8. The molecule has 0 amide bonds. The lowest BCUT2D eigenvalue weighted by Crippen LogP contribution is -1.97. The fourth-order valence-electron chi connectivity index (χ4n) is 1.33. The van der Waals surface area contributed by atoms with Crippen LogP contribution in [0.5, 0.6) is 0 Å². The summed E-state index contributed by atoms with van der Waals surface area (Å²) in [6.45, 7) is -2.78. The smallest absolute Gasteiger partial charge is 0.335 e. The zero-order valence-electron chi connectivity index (χ0n) is 7.69. The number of hydrogen-bond acceptors (Lipinski definition) is 2. The summed E-state index contributed by atoms with van der Waals surface area (Å²) in [4.78, 5) is 10.7. The van der Waals surface area contributed by atoms with Gasteiger partial charge in [-0.25, -0.2) is 9.48 Å². The normalized spacial score (nSPS) is 11.2. The molecule has 0 saturated carbocycles. The maximum atomic E-state index is 12.3. The largest absolute Gasteiger partial charge is 0.478 e. The summed E-state index contributed by atoms with van der Waals surface area (Å²) in [6.07, 6.45) is 1.05. The van der Waals surface area contributed by atoms with Crippen molar-refractivity contribution in [2.24, 2.45) is 0 Å². The van der Waals surface area contributed by atoms with E-state index in [0.29, 0.717) is 4.68 Å². The fraction of sp³-hybridized carbons (Fsp3) is 0.111. The van der Waals surface area contributed by atoms with Crippen molar-refractivity contribution in [1.29, 1.82) is 0 Å². The molecule has 0 fully saturated rings. The van der Waals surface area contributed by atoms with E-state index < -0.39 is 12.5 Å². The van der Waals surface area contributed by atoms with E-state index in [9.17, 15) is 13.6 Å². The Kier molecular flexibility index (Phi) is 2.51. The lowest BCUT2D eigenvalue weighted by atomic mass is 10.1. The van der Waals surface area contributed by atoms with Crippen LogP contribution in [-0.4, -0.2) is 20.9 Å². The van der Waals surface area contributed by atoms with Gasteiger partial charge in [0.15, 0.2) is 0 Å². The van der Waals surface area contributed by atoms with Gasteiger partial charge in [0.25, 0.3) is 0 Å². The van der Waals surface area contributed by atoms with Crippen molar-refractivity contribution < 1.29 is 18.7 Å². The number of halogens is 3. The molecule has 0 bridgehead atoms. The molecule has 1 N–H and O–H groups in total. The molecule has 0 saturated heterocycles. The molecule has 0 aliphatic rings. The highest BCUT2D eigenvalue weighted by Gasteiger charge is 2.14. The predicted molar refractivity (Wildman–Crippen MR) is 53.0 cm³/mol. The SMILES string of the molecule is O=C(O)c1cc(Cl)c2nn(C(F)F)cc2c1. The van der Waals surface area contributed by atoms with Gasteiger partial charge < -0.3 is 5.11 Å². The van der Waals surface area contributed by atoms with Gasteiger partial charge in [-0.2, -0.15) is 13.9 Å². The van der Waals surface area contributed by atoms with Crippen molar-refractivity contribution in [3.05, 3.63) is 28.9 Å². The van der Waals surface area contributed by atoms with E-state index in [-0.39, 0.29) is 21.5 Å². The number of alkyl halides is 2. The Morgan fingerprint density at radius 1 is 1.50 bits per heavy atom. The first-order valence-electron chi connectivity index (χ1n) is 4.19. The Labute approximate surface area is 93.0 Å². The minimum absolute atomic E-state index is 0.0364. The zero-order chi connectivity index (χ0) is 11.9. The molecule has 0 unspecified atom stereocenters. The molecule has 1 aromatic heterocycles. The quantitative estimate of drug-likeness (QED) is 0.886. The van der Waals surface area contributed by atoms with Crippen LogP contribution in [0.2, 0.25) is 5.02 Å². The van der Waals surface area contributed by atoms with Gasteiger partial charge in [0, 0.05) is 11.6 Å². The second-order valence-corrected chi connectivity index (χ2v) is 3.50. The molecular weight excluding hydrogens is 242 g/mol. The van der Waals surface area contributed by atoms with Crippen molar-refractivity contribution in [2.75, 3.05) is 0 Å². The maximum Gasteiger partial charge on any atom is 0.335 e. The van der Waals surface area contributed by atoms with Gasteiger partial charge in [0.1, 0.15) is 5.52 Å². The van der Waals surface area contributed by atoms with Crippen LogP contribution in [0.4, 0.5) is 8.78 Å². The molecule has 16 heavy (non-hydrogen) atoms. The van der Waals surface area contributed by atoms with Crippen LogP contribution >= 0.6 is 11.6 Å². The molecule has 0 radical (unpaired) electrons. The lowest BCUT2D eigenvalue weighted by Gasteiger charge is -1.96. The van der Waals surface area contributed by atoms with Crippen LogP contribution < -0.4 is 0 Å². The zero-order valence-corrected chi connectivity index (χ0v) is 8.45.